The maximum Gasteiger partial charge on any atom is 0.139 e. The molecule has 0 aromatic heterocycles. The van der Waals surface area contributed by atoms with Gasteiger partial charge < -0.3 is 10.8 Å². The molecule has 0 radical (unpaired) electrons. The second-order valence-corrected chi connectivity index (χ2v) is 8.39. The first-order valence-corrected chi connectivity index (χ1v) is 8.74. The van der Waals surface area contributed by atoms with Gasteiger partial charge >= 0.3 is 0 Å². The summed E-state index contributed by atoms with van der Waals surface area (Å²) >= 11 is 0. The van der Waals surface area contributed by atoms with Gasteiger partial charge in [0.05, 0.1) is 6.10 Å². The minimum atomic E-state index is -0.321. The number of hydrogen-bond acceptors (Lipinski definition) is 3. The molecule has 4 aliphatic rings. The van der Waals surface area contributed by atoms with E-state index in [1.165, 1.54) is 5.57 Å². The average Bonchev–Trinajstić information content (AvgIpc) is 2.77. The Hall–Kier alpha value is -0.930. The van der Waals surface area contributed by atoms with Crippen LogP contribution in [0.5, 0.6) is 0 Å². The molecule has 0 aliphatic heterocycles. The molecule has 3 fully saturated rings. The third-order valence-corrected chi connectivity index (χ3v) is 7.44. The molecule has 0 spiro atoms. The van der Waals surface area contributed by atoms with E-state index >= 15 is 0 Å². The molecule has 0 heterocycles. The van der Waals surface area contributed by atoms with Gasteiger partial charge in [0.25, 0.3) is 0 Å². The molecule has 3 N–H and O–H groups in total. The van der Waals surface area contributed by atoms with Crippen LogP contribution in [-0.2, 0) is 4.79 Å². The van der Waals surface area contributed by atoms with E-state index in [4.69, 9.17) is 5.73 Å². The van der Waals surface area contributed by atoms with Crippen molar-refractivity contribution in [2.45, 2.75) is 58.1 Å². The molecule has 22 heavy (non-hydrogen) atoms. The first kappa shape index (κ1) is 14.6. The summed E-state index contributed by atoms with van der Waals surface area (Å²) in [4.78, 5) is 12.4. The number of allylic oxidation sites excluding steroid dienone is 1. The van der Waals surface area contributed by atoms with E-state index in [0.29, 0.717) is 24.0 Å². The maximum absolute atomic E-state index is 12.4. The summed E-state index contributed by atoms with van der Waals surface area (Å²) in [5.74, 6) is 1.48. The Morgan fingerprint density at radius 3 is 2.82 bits per heavy atom. The fourth-order valence-electron chi connectivity index (χ4n) is 6.10. The second-order valence-electron chi connectivity index (χ2n) is 8.39. The lowest BCUT2D eigenvalue weighted by molar-refractivity contribution is -0.136. The summed E-state index contributed by atoms with van der Waals surface area (Å²) < 4.78 is 0. The van der Waals surface area contributed by atoms with Gasteiger partial charge in [-0.3, -0.25) is 4.79 Å². The predicted molar refractivity (Wildman–Crippen MR) is 86.0 cm³/mol. The van der Waals surface area contributed by atoms with E-state index in [-0.39, 0.29) is 28.9 Å². The van der Waals surface area contributed by atoms with Crippen molar-refractivity contribution in [1.82, 2.24) is 0 Å². The Morgan fingerprint density at radius 1 is 1.27 bits per heavy atom. The van der Waals surface area contributed by atoms with Crippen LogP contribution in [0.1, 0.15) is 46.0 Å². The summed E-state index contributed by atoms with van der Waals surface area (Å²) in [5, 5.41) is 10.9. The lowest BCUT2D eigenvalue weighted by Gasteiger charge is -2.57. The highest BCUT2D eigenvalue weighted by Gasteiger charge is 2.60. The Balaban J connectivity index is 1.75. The fraction of sp³-hybridized carbons (Fsp3) is 0.737. The number of ketones is 1. The van der Waals surface area contributed by atoms with Gasteiger partial charge in [-0.15, -0.1) is 0 Å². The zero-order chi connectivity index (χ0) is 15.7. The summed E-state index contributed by atoms with van der Waals surface area (Å²) in [7, 11) is 0. The van der Waals surface area contributed by atoms with Gasteiger partial charge in [-0.2, -0.15) is 0 Å². The van der Waals surface area contributed by atoms with Crippen molar-refractivity contribution in [2.24, 2.45) is 34.3 Å². The van der Waals surface area contributed by atoms with Crippen LogP contribution in [0.3, 0.4) is 0 Å². The molecule has 7 atom stereocenters. The van der Waals surface area contributed by atoms with Gasteiger partial charge in [0.15, 0.2) is 0 Å². The van der Waals surface area contributed by atoms with Crippen LogP contribution < -0.4 is 5.73 Å². The summed E-state index contributed by atoms with van der Waals surface area (Å²) in [6.07, 6.45) is 10.6. The highest BCUT2D eigenvalue weighted by molar-refractivity contribution is 5.87. The van der Waals surface area contributed by atoms with Crippen LogP contribution in [0.2, 0.25) is 0 Å². The number of carbonyl (C=O) groups excluding carboxylic acids is 1. The number of rotatable bonds is 0. The Bertz CT molecular complexity index is 580. The van der Waals surface area contributed by atoms with Crippen molar-refractivity contribution in [3.8, 4) is 0 Å². The number of carbonyl (C=O) groups is 1. The molecular formula is C19H27NO2. The molecule has 3 nitrogen and oxygen atoms in total. The largest absolute Gasteiger partial charge is 0.392 e. The number of hydrogen-bond donors (Lipinski definition) is 2. The molecule has 4 aliphatic carbocycles. The molecule has 0 saturated heterocycles. The molecule has 3 heteroatoms. The van der Waals surface area contributed by atoms with Crippen molar-refractivity contribution >= 4 is 5.78 Å². The number of Topliss-reactive ketones (excluding diaryl/α,β-unsaturated/α-hetero) is 1. The average molecular weight is 301 g/mol. The van der Waals surface area contributed by atoms with Crippen molar-refractivity contribution < 1.29 is 9.90 Å². The third-order valence-electron chi connectivity index (χ3n) is 7.44. The van der Waals surface area contributed by atoms with Gasteiger partial charge in [0.2, 0.25) is 0 Å². The smallest absolute Gasteiger partial charge is 0.139 e. The quantitative estimate of drug-likeness (QED) is 0.676. The standard InChI is InChI=1S/C19H27NO2/c1-18-7-5-12(20)9-11(18)10-15(21)17-13-3-4-16(22)19(13,2)8-6-14(17)18/h5,7,9,12-15,17,21H,3-4,6,8,10,20H2,1-2H3/t12?,13-,14+,15?,17-,18-,19-/m0/s1. The molecule has 0 aromatic carbocycles. The highest BCUT2D eigenvalue weighted by Crippen LogP contribution is 2.63. The van der Waals surface area contributed by atoms with Crippen LogP contribution in [0, 0.1) is 28.6 Å². The van der Waals surface area contributed by atoms with Gasteiger partial charge in [-0.05, 0) is 43.4 Å². The van der Waals surface area contributed by atoms with E-state index in [2.05, 4.69) is 32.1 Å². The number of aliphatic hydroxyl groups is 1. The molecule has 0 bridgehead atoms. The van der Waals surface area contributed by atoms with Crippen molar-refractivity contribution in [1.29, 1.82) is 0 Å². The lowest BCUT2D eigenvalue weighted by Crippen LogP contribution is -2.55. The normalized spacial score (nSPS) is 53.5. The minimum Gasteiger partial charge on any atom is -0.392 e. The molecule has 3 saturated carbocycles. The van der Waals surface area contributed by atoms with Gasteiger partial charge in [0, 0.05) is 23.3 Å². The first-order chi connectivity index (χ1) is 10.4. The van der Waals surface area contributed by atoms with E-state index in [1.54, 1.807) is 0 Å². The van der Waals surface area contributed by atoms with Crippen LogP contribution in [0.25, 0.3) is 0 Å². The molecule has 4 rings (SSSR count). The van der Waals surface area contributed by atoms with Gasteiger partial charge in [-0.25, -0.2) is 0 Å². The van der Waals surface area contributed by atoms with Crippen molar-refractivity contribution in [3.63, 3.8) is 0 Å². The van der Waals surface area contributed by atoms with Crippen LogP contribution in [0.15, 0.2) is 23.8 Å². The van der Waals surface area contributed by atoms with E-state index in [1.807, 2.05) is 0 Å². The highest BCUT2D eigenvalue weighted by atomic mass is 16.3. The number of fused-ring (bicyclic) bond motifs is 5. The van der Waals surface area contributed by atoms with Crippen LogP contribution in [-0.4, -0.2) is 23.0 Å². The van der Waals surface area contributed by atoms with E-state index in [9.17, 15) is 9.90 Å². The first-order valence-electron chi connectivity index (χ1n) is 8.74. The number of nitrogens with two attached hydrogens (primary N) is 1. The van der Waals surface area contributed by atoms with Crippen LogP contribution >= 0.6 is 0 Å². The Morgan fingerprint density at radius 2 is 2.05 bits per heavy atom. The SMILES string of the molecule is C[C@]12C=CC(N)C=C1CC(O)[C@@H]1[C@H]2CC[C@]2(C)C(=O)CC[C@@H]12. The van der Waals surface area contributed by atoms with Gasteiger partial charge in [0.1, 0.15) is 5.78 Å². The number of aliphatic hydroxyl groups excluding tert-OH is 1. The molecule has 0 aromatic rings. The monoisotopic (exact) mass is 301 g/mol. The predicted octanol–water partition coefficient (Wildman–Crippen LogP) is 2.59. The summed E-state index contributed by atoms with van der Waals surface area (Å²) in [6, 6.07) is -0.0197. The van der Waals surface area contributed by atoms with Crippen LogP contribution in [0.4, 0.5) is 0 Å². The third kappa shape index (κ3) is 1.73. The molecule has 2 unspecified atom stereocenters. The zero-order valence-corrected chi connectivity index (χ0v) is 13.6. The lowest BCUT2D eigenvalue weighted by atomic mass is 9.47. The van der Waals surface area contributed by atoms with Gasteiger partial charge in [-0.1, -0.05) is 37.6 Å². The zero-order valence-electron chi connectivity index (χ0n) is 13.6. The maximum atomic E-state index is 12.4. The fourth-order valence-corrected chi connectivity index (χ4v) is 6.10. The summed E-state index contributed by atoms with van der Waals surface area (Å²) in [5.41, 5.74) is 7.19. The Kier molecular flexibility index (Phi) is 3.03. The van der Waals surface area contributed by atoms with E-state index < -0.39 is 0 Å². The minimum absolute atomic E-state index is 0.0197. The molecule has 0 amide bonds. The van der Waals surface area contributed by atoms with Crippen molar-refractivity contribution in [3.05, 3.63) is 23.8 Å². The second kappa shape index (κ2) is 4.55. The molecule has 120 valence electrons. The van der Waals surface area contributed by atoms with E-state index in [0.717, 1.165) is 25.7 Å². The Labute approximate surface area is 132 Å². The topological polar surface area (TPSA) is 63.3 Å². The van der Waals surface area contributed by atoms with Crippen molar-refractivity contribution in [2.75, 3.05) is 0 Å². The molecular weight excluding hydrogens is 274 g/mol. The summed E-state index contributed by atoms with van der Waals surface area (Å²) in [6.45, 7) is 4.46.